The Labute approximate surface area is 160 Å². The van der Waals surface area contributed by atoms with Gasteiger partial charge in [-0.25, -0.2) is 4.79 Å². The SMILES string of the molecule is Nc1ccccc1NC(=O)c1ccc(CNC(=O)OCc2cncs2)cc1. The largest absolute Gasteiger partial charge is 0.444 e. The highest BCUT2D eigenvalue weighted by molar-refractivity contribution is 7.09. The van der Waals surface area contributed by atoms with Crippen molar-refractivity contribution in [1.29, 1.82) is 0 Å². The van der Waals surface area contributed by atoms with Crippen LogP contribution in [0.4, 0.5) is 16.2 Å². The maximum Gasteiger partial charge on any atom is 0.407 e. The van der Waals surface area contributed by atoms with Crippen LogP contribution in [0.1, 0.15) is 20.8 Å². The molecule has 1 heterocycles. The lowest BCUT2D eigenvalue weighted by molar-refractivity contribution is 0.102. The van der Waals surface area contributed by atoms with Crippen molar-refractivity contribution in [3.63, 3.8) is 0 Å². The molecular formula is C19H18N4O3S. The minimum Gasteiger partial charge on any atom is -0.444 e. The summed E-state index contributed by atoms with van der Waals surface area (Å²) < 4.78 is 5.09. The minimum absolute atomic E-state index is 0.193. The molecular weight excluding hydrogens is 364 g/mol. The lowest BCUT2D eigenvalue weighted by Crippen LogP contribution is -2.23. The average Bonchev–Trinajstić information content (AvgIpc) is 3.20. The summed E-state index contributed by atoms with van der Waals surface area (Å²) in [7, 11) is 0. The first-order chi connectivity index (χ1) is 13.1. The van der Waals surface area contributed by atoms with Crippen LogP contribution in [0.5, 0.6) is 0 Å². The van der Waals surface area contributed by atoms with Crippen molar-refractivity contribution in [2.24, 2.45) is 0 Å². The van der Waals surface area contributed by atoms with Crippen molar-refractivity contribution in [2.75, 3.05) is 11.1 Å². The molecule has 0 unspecified atom stereocenters. The summed E-state index contributed by atoms with van der Waals surface area (Å²) >= 11 is 1.42. The van der Waals surface area contributed by atoms with Gasteiger partial charge in [0.2, 0.25) is 0 Å². The van der Waals surface area contributed by atoms with Gasteiger partial charge in [-0.05, 0) is 29.8 Å². The molecule has 138 valence electrons. The number of thiazole rings is 1. The van der Waals surface area contributed by atoms with E-state index in [2.05, 4.69) is 15.6 Å². The Kier molecular flexibility index (Phi) is 6.01. The number of hydrogen-bond donors (Lipinski definition) is 3. The second-order valence-corrected chi connectivity index (χ2v) is 6.61. The molecule has 1 aromatic heterocycles. The summed E-state index contributed by atoms with van der Waals surface area (Å²) in [6, 6.07) is 14.0. The third-order valence-corrected chi connectivity index (χ3v) is 4.44. The third kappa shape index (κ3) is 5.29. The normalized spacial score (nSPS) is 10.2. The third-order valence-electron chi connectivity index (χ3n) is 3.69. The number of amides is 2. The van der Waals surface area contributed by atoms with Gasteiger partial charge in [-0.1, -0.05) is 24.3 Å². The number of nitrogens with one attached hydrogen (secondary N) is 2. The molecule has 2 amide bonds. The number of para-hydroxylation sites is 2. The molecule has 0 saturated heterocycles. The van der Waals surface area contributed by atoms with Gasteiger partial charge >= 0.3 is 6.09 Å². The van der Waals surface area contributed by atoms with Crippen LogP contribution in [0, 0.1) is 0 Å². The van der Waals surface area contributed by atoms with Gasteiger partial charge in [0.05, 0.1) is 21.8 Å². The van der Waals surface area contributed by atoms with Crippen molar-refractivity contribution in [2.45, 2.75) is 13.2 Å². The monoisotopic (exact) mass is 382 g/mol. The molecule has 0 spiro atoms. The number of rotatable bonds is 6. The van der Waals surface area contributed by atoms with Crippen LogP contribution in [-0.4, -0.2) is 17.0 Å². The van der Waals surface area contributed by atoms with Gasteiger partial charge in [-0.3, -0.25) is 9.78 Å². The van der Waals surface area contributed by atoms with Gasteiger partial charge in [0.25, 0.3) is 5.91 Å². The molecule has 0 atom stereocenters. The first kappa shape index (κ1) is 18.4. The fourth-order valence-corrected chi connectivity index (χ4v) is 2.76. The number of alkyl carbamates (subject to hydrolysis) is 1. The van der Waals surface area contributed by atoms with Gasteiger partial charge < -0.3 is 21.1 Å². The number of nitrogen functional groups attached to an aromatic ring is 1. The van der Waals surface area contributed by atoms with Crippen LogP contribution in [0.15, 0.2) is 60.2 Å². The summed E-state index contributed by atoms with van der Waals surface area (Å²) in [5, 5.41) is 5.43. The maximum absolute atomic E-state index is 12.3. The van der Waals surface area contributed by atoms with Gasteiger partial charge in [-0.15, -0.1) is 11.3 Å². The average molecular weight is 382 g/mol. The number of anilines is 2. The Balaban J connectivity index is 1.48. The van der Waals surface area contributed by atoms with Gasteiger partial charge in [0.1, 0.15) is 6.61 Å². The van der Waals surface area contributed by atoms with Gasteiger partial charge in [0, 0.05) is 18.3 Å². The second-order valence-electron chi connectivity index (χ2n) is 5.64. The smallest absolute Gasteiger partial charge is 0.407 e. The number of carbonyl (C=O) groups is 2. The van der Waals surface area contributed by atoms with Crippen LogP contribution in [0.3, 0.4) is 0 Å². The van der Waals surface area contributed by atoms with Crippen LogP contribution in [0.2, 0.25) is 0 Å². The molecule has 0 aliphatic heterocycles. The van der Waals surface area contributed by atoms with E-state index in [0.29, 0.717) is 23.5 Å². The summed E-state index contributed by atoms with van der Waals surface area (Å²) in [6.07, 6.45) is 1.15. The molecule has 27 heavy (non-hydrogen) atoms. The maximum atomic E-state index is 12.3. The fraction of sp³-hybridized carbons (Fsp3) is 0.105. The Bertz CT molecular complexity index is 911. The summed E-state index contributed by atoms with van der Waals surface area (Å²) in [5.41, 5.74) is 9.92. The van der Waals surface area contributed by atoms with E-state index < -0.39 is 6.09 Å². The molecule has 2 aromatic carbocycles. The molecule has 3 aromatic rings. The van der Waals surface area contributed by atoms with Crippen molar-refractivity contribution in [3.05, 3.63) is 76.2 Å². The number of nitrogens with two attached hydrogens (primary N) is 1. The number of nitrogens with zero attached hydrogens (tertiary/aromatic N) is 1. The van der Waals surface area contributed by atoms with Crippen molar-refractivity contribution >= 4 is 34.7 Å². The zero-order valence-electron chi connectivity index (χ0n) is 14.3. The quantitative estimate of drug-likeness (QED) is 0.567. The minimum atomic E-state index is -0.509. The predicted octanol–water partition coefficient (Wildman–Crippen LogP) is 3.40. The van der Waals surface area contributed by atoms with Crippen molar-refractivity contribution in [1.82, 2.24) is 10.3 Å². The van der Waals surface area contributed by atoms with Gasteiger partial charge in [-0.2, -0.15) is 0 Å². The Hall–Kier alpha value is -3.39. The summed E-state index contributed by atoms with van der Waals surface area (Å²) in [5.74, 6) is -0.253. The zero-order chi connectivity index (χ0) is 19.1. The van der Waals surface area contributed by atoms with Gasteiger partial charge in [0.15, 0.2) is 0 Å². The first-order valence-corrected chi connectivity index (χ1v) is 9.02. The predicted molar refractivity (Wildman–Crippen MR) is 104 cm³/mol. The van der Waals surface area contributed by atoms with E-state index in [4.69, 9.17) is 10.5 Å². The zero-order valence-corrected chi connectivity index (χ0v) is 15.2. The van der Waals surface area contributed by atoms with E-state index in [-0.39, 0.29) is 12.5 Å². The molecule has 7 nitrogen and oxygen atoms in total. The van der Waals surface area contributed by atoms with E-state index in [1.165, 1.54) is 11.3 Å². The molecule has 0 bridgehead atoms. The molecule has 8 heteroatoms. The van der Waals surface area contributed by atoms with Crippen LogP contribution < -0.4 is 16.4 Å². The Morgan fingerprint density at radius 1 is 1.11 bits per heavy atom. The van der Waals surface area contributed by atoms with Crippen LogP contribution in [-0.2, 0) is 17.9 Å². The first-order valence-electron chi connectivity index (χ1n) is 8.14. The Morgan fingerprint density at radius 2 is 1.89 bits per heavy atom. The van der Waals surface area contributed by atoms with E-state index in [9.17, 15) is 9.59 Å². The number of carbonyl (C=O) groups excluding carboxylic acids is 2. The summed E-state index contributed by atoms with van der Waals surface area (Å²) in [4.78, 5) is 28.8. The highest BCUT2D eigenvalue weighted by Crippen LogP contribution is 2.18. The highest BCUT2D eigenvalue weighted by atomic mass is 32.1. The van der Waals surface area contributed by atoms with E-state index in [1.807, 2.05) is 0 Å². The summed E-state index contributed by atoms with van der Waals surface area (Å²) in [6.45, 7) is 0.493. The van der Waals surface area contributed by atoms with E-state index in [0.717, 1.165) is 10.4 Å². The second kappa shape index (κ2) is 8.81. The molecule has 0 aliphatic carbocycles. The fourth-order valence-electron chi connectivity index (χ4n) is 2.25. The number of hydrogen-bond acceptors (Lipinski definition) is 6. The molecule has 0 saturated carbocycles. The number of benzene rings is 2. The van der Waals surface area contributed by atoms with Crippen molar-refractivity contribution in [3.8, 4) is 0 Å². The molecule has 3 rings (SSSR count). The Morgan fingerprint density at radius 3 is 2.59 bits per heavy atom. The highest BCUT2D eigenvalue weighted by Gasteiger charge is 2.08. The molecule has 4 N–H and O–H groups in total. The molecule has 0 aliphatic rings. The van der Waals surface area contributed by atoms with E-state index >= 15 is 0 Å². The topological polar surface area (TPSA) is 106 Å². The number of aromatic nitrogens is 1. The molecule has 0 radical (unpaired) electrons. The lowest BCUT2D eigenvalue weighted by Gasteiger charge is -2.09. The number of ether oxygens (including phenoxy) is 1. The standard InChI is InChI=1S/C19H18N4O3S/c20-16-3-1-2-4-17(16)23-18(24)14-7-5-13(6-8-14)9-22-19(25)26-11-15-10-21-12-27-15/h1-8,10,12H,9,11,20H2,(H,22,25)(H,23,24). The van der Waals surface area contributed by atoms with Crippen LogP contribution in [0.25, 0.3) is 0 Å². The molecule has 0 fully saturated rings. The van der Waals surface area contributed by atoms with Crippen LogP contribution >= 0.6 is 11.3 Å². The van der Waals surface area contributed by atoms with E-state index in [1.54, 1.807) is 60.2 Å². The van der Waals surface area contributed by atoms with Crippen molar-refractivity contribution < 1.29 is 14.3 Å². The lowest BCUT2D eigenvalue weighted by atomic mass is 10.1.